The predicted molar refractivity (Wildman–Crippen MR) is 106 cm³/mol. The minimum atomic E-state index is -0.373. The molecule has 0 radical (unpaired) electrons. The minimum absolute atomic E-state index is 0.0708. The number of methoxy groups -OCH3 is 1. The van der Waals surface area contributed by atoms with E-state index < -0.39 is 0 Å². The van der Waals surface area contributed by atoms with Crippen molar-refractivity contribution in [1.82, 2.24) is 4.90 Å². The van der Waals surface area contributed by atoms with Crippen molar-refractivity contribution < 1.29 is 14.3 Å². The first-order valence-electron chi connectivity index (χ1n) is 8.92. The van der Waals surface area contributed by atoms with E-state index in [1.165, 1.54) is 0 Å². The lowest BCUT2D eigenvalue weighted by Gasteiger charge is -2.32. The molecule has 0 aliphatic carbocycles. The van der Waals surface area contributed by atoms with Crippen LogP contribution >= 0.6 is 11.3 Å². The van der Waals surface area contributed by atoms with Gasteiger partial charge in [0.2, 0.25) is 5.91 Å². The number of rotatable bonds is 6. The third kappa shape index (κ3) is 3.61. The number of carbonyl (C=O) groups excluding carboxylic acids is 1. The van der Waals surface area contributed by atoms with Crippen LogP contribution in [0.15, 0.2) is 65.4 Å². The molecule has 4 nitrogen and oxygen atoms in total. The monoisotopic (exact) mass is 379 g/mol. The molecule has 1 aliphatic rings. The van der Waals surface area contributed by atoms with Crippen LogP contribution in [0.25, 0.3) is 0 Å². The van der Waals surface area contributed by atoms with Crippen LogP contribution in [0.2, 0.25) is 0 Å². The van der Waals surface area contributed by atoms with Crippen molar-refractivity contribution in [3.05, 3.63) is 82.0 Å². The van der Waals surface area contributed by atoms with Crippen molar-refractivity contribution >= 4 is 17.2 Å². The largest absolute Gasteiger partial charge is 0.457 e. The van der Waals surface area contributed by atoms with Crippen LogP contribution in [0.5, 0.6) is 11.5 Å². The molecule has 0 bridgehead atoms. The van der Waals surface area contributed by atoms with Crippen molar-refractivity contribution in [3.8, 4) is 11.5 Å². The second-order valence-corrected chi connectivity index (χ2v) is 7.27. The maximum atomic E-state index is 13.7. The second-order valence-electron chi connectivity index (χ2n) is 6.49. The van der Waals surface area contributed by atoms with Crippen LogP contribution in [0.4, 0.5) is 0 Å². The molecule has 0 unspecified atom stereocenters. The molecule has 4 rings (SSSR count). The number of amides is 1. The summed E-state index contributed by atoms with van der Waals surface area (Å²) in [5.74, 6) is 1.19. The van der Waals surface area contributed by atoms with Crippen LogP contribution in [0.3, 0.4) is 0 Å². The standard InChI is InChI=1S/C22H21NO3S/c1-25-12-11-23(14-16-10-13-27-15-16)22(24)21-17-6-2-4-8-19(17)26-20-9-5-3-7-18(20)21/h2-10,13,15,21H,11-12,14H2,1H3. The molecule has 0 atom stereocenters. The van der Waals surface area contributed by atoms with Crippen LogP contribution in [0, 0.1) is 0 Å². The number of para-hydroxylation sites is 2. The number of thiophene rings is 1. The first kappa shape index (κ1) is 17.8. The van der Waals surface area contributed by atoms with Gasteiger partial charge < -0.3 is 14.4 Å². The first-order chi connectivity index (χ1) is 13.3. The van der Waals surface area contributed by atoms with Gasteiger partial charge in [0.05, 0.1) is 12.5 Å². The van der Waals surface area contributed by atoms with Crippen LogP contribution in [-0.2, 0) is 16.1 Å². The van der Waals surface area contributed by atoms with E-state index in [0.717, 1.165) is 28.2 Å². The van der Waals surface area contributed by atoms with Gasteiger partial charge in [0.15, 0.2) is 0 Å². The van der Waals surface area contributed by atoms with E-state index >= 15 is 0 Å². The van der Waals surface area contributed by atoms with E-state index in [1.54, 1.807) is 18.4 Å². The lowest BCUT2D eigenvalue weighted by Crippen LogP contribution is -2.38. The molecule has 1 aliphatic heterocycles. The molecule has 2 aromatic carbocycles. The summed E-state index contributed by atoms with van der Waals surface area (Å²) in [6, 6.07) is 17.6. The Morgan fingerprint density at radius 1 is 1.07 bits per heavy atom. The van der Waals surface area contributed by atoms with Crippen molar-refractivity contribution in [1.29, 1.82) is 0 Å². The highest BCUT2D eigenvalue weighted by Gasteiger charge is 2.35. The highest BCUT2D eigenvalue weighted by molar-refractivity contribution is 7.07. The van der Waals surface area contributed by atoms with Crippen LogP contribution < -0.4 is 4.74 Å². The summed E-state index contributed by atoms with van der Waals surface area (Å²) in [6.07, 6.45) is 0. The number of hydrogen-bond donors (Lipinski definition) is 0. The molecule has 0 N–H and O–H groups in total. The Morgan fingerprint density at radius 3 is 2.33 bits per heavy atom. The summed E-state index contributed by atoms with van der Waals surface area (Å²) in [6.45, 7) is 1.63. The lowest BCUT2D eigenvalue weighted by atomic mass is 9.86. The van der Waals surface area contributed by atoms with Crippen LogP contribution in [-0.4, -0.2) is 31.1 Å². The molecule has 3 aromatic rings. The van der Waals surface area contributed by atoms with Gasteiger partial charge in [-0.15, -0.1) is 0 Å². The van der Waals surface area contributed by atoms with E-state index in [-0.39, 0.29) is 11.8 Å². The Kier molecular flexibility index (Phi) is 5.23. The van der Waals surface area contributed by atoms with Crippen molar-refractivity contribution in [3.63, 3.8) is 0 Å². The summed E-state index contributed by atoms with van der Waals surface area (Å²) in [7, 11) is 1.66. The molecular formula is C22H21NO3S. The fourth-order valence-corrected chi connectivity index (χ4v) is 4.09. The first-order valence-corrected chi connectivity index (χ1v) is 9.86. The van der Waals surface area contributed by atoms with Crippen LogP contribution in [0.1, 0.15) is 22.6 Å². The van der Waals surface area contributed by atoms with Crippen molar-refractivity contribution in [2.45, 2.75) is 12.5 Å². The molecule has 0 fully saturated rings. The number of ether oxygens (including phenoxy) is 2. The lowest BCUT2D eigenvalue weighted by molar-refractivity contribution is -0.133. The molecule has 1 amide bonds. The van der Waals surface area contributed by atoms with Crippen molar-refractivity contribution in [2.75, 3.05) is 20.3 Å². The third-order valence-corrected chi connectivity index (χ3v) is 5.49. The Labute approximate surface area is 163 Å². The summed E-state index contributed by atoms with van der Waals surface area (Å²) < 4.78 is 11.3. The summed E-state index contributed by atoms with van der Waals surface area (Å²) in [5.41, 5.74) is 2.96. The molecule has 5 heteroatoms. The van der Waals surface area contributed by atoms with Gasteiger partial charge in [0.25, 0.3) is 0 Å². The summed E-state index contributed by atoms with van der Waals surface area (Å²) in [4.78, 5) is 15.6. The van der Waals surface area contributed by atoms with E-state index in [0.29, 0.717) is 19.7 Å². The van der Waals surface area contributed by atoms with E-state index in [1.807, 2.05) is 58.8 Å². The molecule has 2 heterocycles. The van der Waals surface area contributed by atoms with Gasteiger partial charge >= 0.3 is 0 Å². The normalized spacial score (nSPS) is 12.8. The number of hydrogen-bond acceptors (Lipinski definition) is 4. The molecular weight excluding hydrogens is 358 g/mol. The zero-order valence-electron chi connectivity index (χ0n) is 15.1. The fraction of sp³-hybridized carbons (Fsp3) is 0.227. The molecule has 27 heavy (non-hydrogen) atoms. The smallest absolute Gasteiger partial charge is 0.235 e. The van der Waals surface area contributed by atoms with Gasteiger partial charge in [-0.3, -0.25) is 4.79 Å². The van der Waals surface area contributed by atoms with E-state index in [4.69, 9.17) is 9.47 Å². The Morgan fingerprint density at radius 2 is 1.74 bits per heavy atom. The fourth-order valence-electron chi connectivity index (χ4n) is 3.43. The van der Waals surface area contributed by atoms with Gasteiger partial charge in [0, 0.05) is 31.3 Å². The Balaban J connectivity index is 1.72. The quantitative estimate of drug-likeness (QED) is 0.625. The number of fused-ring (bicyclic) bond motifs is 2. The predicted octanol–water partition coefficient (Wildman–Crippen LogP) is 4.66. The summed E-state index contributed by atoms with van der Waals surface area (Å²) >= 11 is 1.64. The number of carbonyl (C=O) groups is 1. The van der Waals surface area contributed by atoms with E-state index in [9.17, 15) is 4.79 Å². The average Bonchev–Trinajstić information content (AvgIpc) is 3.22. The Bertz CT molecular complexity index is 877. The van der Waals surface area contributed by atoms with Gasteiger partial charge in [-0.1, -0.05) is 36.4 Å². The van der Waals surface area contributed by atoms with Gasteiger partial charge in [-0.2, -0.15) is 11.3 Å². The average molecular weight is 379 g/mol. The SMILES string of the molecule is COCCN(Cc1ccsc1)C(=O)C1c2ccccc2Oc2ccccc21. The topological polar surface area (TPSA) is 38.8 Å². The maximum absolute atomic E-state index is 13.7. The number of benzene rings is 2. The van der Waals surface area contributed by atoms with E-state index in [2.05, 4.69) is 11.4 Å². The zero-order valence-corrected chi connectivity index (χ0v) is 15.9. The highest BCUT2D eigenvalue weighted by Crippen LogP contribution is 2.44. The van der Waals surface area contributed by atoms with Crippen molar-refractivity contribution in [2.24, 2.45) is 0 Å². The number of nitrogens with zero attached hydrogens (tertiary/aromatic N) is 1. The second kappa shape index (κ2) is 7.94. The molecule has 0 saturated heterocycles. The summed E-state index contributed by atoms with van der Waals surface area (Å²) in [5, 5.41) is 4.12. The Hall–Kier alpha value is -2.63. The molecule has 1 aromatic heterocycles. The molecule has 0 saturated carbocycles. The molecule has 138 valence electrons. The van der Waals surface area contributed by atoms with Gasteiger partial charge in [0.1, 0.15) is 11.5 Å². The highest BCUT2D eigenvalue weighted by atomic mass is 32.1. The third-order valence-electron chi connectivity index (χ3n) is 4.76. The van der Waals surface area contributed by atoms with Gasteiger partial charge in [-0.05, 0) is 34.5 Å². The minimum Gasteiger partial charge on any atom is -0.457 e. The van der Waals surface area contributed by atoms with Gasteiger partial charge in [-0.25, -0.2) is 0 Å². The zero-order chi connectivity index (χ0) is 18.6. The maximum Gasteiger partial charge on any atom is 0.235 e. The molecule has 0 spiro atoms.